The van der Waals surface area contributed by atoms with Crippen molar-refractivity contribution in [2.75, 3.05) is 0 Å². The zero-order valence-electron chi connectivity index (χ0n) is 11.2. The molecule has 2 aromatic carbocycles. The molecule has 1 N–H and O–H groups in total. The van der Waals surface area contributed by atoms with Gasteiger partial charge in [-0.15, -0.1) is 0 Å². The van der Waals surface area contributed by atoms with Crippen LogP contribution in [0.5, 0.6) is 0 Å². The van der Waals surface area contributed by atoms with Crippen LogP contribution in [0.4, 0.5) is 5.69 Å². The number of hydrogen-bond acceptors (Lipinski definition) is 3. The van der Waals surface area contributed by atoms with Crippen LogP contribution < -0.4 is 5.32 Å². The van der Waals surface area contributed by atoms with Gasteiger partial charge in [0.2, 0.25) is 0 Å². The topological polar surface area (TPSA) is 41.5 Å². The lowest BCUT2D eigenvalue weighted by Gasteiger charge is -1.96. The Morgan fingerprint density at radius 2 is 1.95 bits per heavy atom. The van der Waals surface area contributed by atoms with Crippen molar-refractivity contribution in [1.29, 1.82) is 0 Å². The van der Waals surface area contributed by atoms with Gasteiger partial charge in [-0.2, -0.15) is 0 Å². The monoisotopic (exact) mass is 392 g/mol. The minimum atomic E-state index is -0.141. The third kappa shape index (κ3) is 3.80. The standard InChI is InChI=1S/C16H10BrClN2OS/c17-11-3-1-2-10(8-11)9-14-15(21)20-16(22-14)19-13-6-4-12(18)5-7-13/h1-9H,(H,19,20,21)/b14-9+. The van der Waals surface area contributed by atoms with E-state index in [1.165, 1.54) is 11.8 Å². The largest absolute Gasteiger partial charge is 0.300 e. The highest BCUT2D eigenvalue weighted by atomic mass is 79.9. The summed E-state index contributed by atoms with van der Waals surface area (Å²) < 4.78 is 0.973. The second-order valence-corrected chi connectivity index (χ2v) is 6.90. The highest BCUT2D eigenvalue weighted by molar-refractivity contribution is 9.10. The zero-order valence-corrected chi connectivity index (χ0v) is 14.4. The van der Waals surface area contributed by atoms with Gasteiger partial charge in [-0.05, 0) is 59.8 Å². The number of amidine groups is 1. The van der Waals surface area contributed by atoms with Crippen LogP contribution in [-0.2, 0) is 4.79 Å². The highest BCUT2D eigenvalue weighted by Gasteiger charge is 2.23. The van der Waals surface area contributed by atoms with Crippen molar-refractivity contribution in [2.45, 2.75) is 0 Å². The van der Waals surface area contributed by atoms with Crippen molar-refractivity contribution in [3.05, 3.63) is 68.5 Å². The molecule has 0 aliphatic carbocycles. The smallest absolute Gasteiger partial charge is 0.264 e. The van der Waals surface area contributed by atoms with Crippen LogP contribution in [0.2, 0.25) is 5.02 Å². The minimum absolute atomic E-state index is 0.141. The summed E-state index contributed by atoms with van der Waals surface area (Å²) in [4.78, 5) is 17.0. The quantitative estimate of drug-likeness (QED) is 0.730. The average Bonchev–Trinajstić information content (AvgIpc) is 2.81. The molecule has 1 amide bonds. The van der Waals surface area contributed by atoms with E-state index in [9.17, 15) is 4.79 Å². The lowest BCUT2D eigenvalue weighted by molar-refractivity contribution is -0.115. The second-order valence-electron chi connectivity index (χ2n) is 4.51. The Morgan fingerprint density at radius 1 is 1.18 bits per heavy atom. The Hall–Kier alpha value is -1.56. The summed E-state index contributed by atoms with van der Waals surface area (Å²) in [5, 5.41) is 3.98. The van der Waals surface area contributed by atoms with Crippen LogP contribution in [-0.4, -0.2) is 11.1 Å². The van der Waals surface area contributed by atoms with Gasteiger partial charge >= 0.3 is 0 Å². The van der Waals surface area contributed by atoms with Gasteiger partial charge in [0.1, 0.15) is 0 Å². The van der Waals surface area contributed by atoms with Crippen LogP contribution in [0.15, 0.2) is 62.9 Å². The van der Waals surface area contributed by atoms with Crippen LogP contribution in [0.3, 0.4) is 0 Å². The maximum Gasteiger partial charge on any atom is 0.264 e. The van der Waals surface area contributed by atoms with Crippen molar-refractivity contribution in [2.24, 2.45) is 4.99 Å². The van der Waals surface area contributed by atoms with Crippen molar-refractivity contribution >= 4 is 62.1 Å². The molecular weight excluding hydrogens is 384 g/mol. The van der Waals surface area contributed by atoms with Crippen LogP contribution >= 0.6 is 39.3 Å². The van der Waals surface area contributed by atoms with E-state index >= 15 is 0 Å². The second kappa shape index (κ2) is 6.69. The summed E-state index contributed by atoms with van der Waals surface area (Å²) in [5.74, 6) is -0.141. The molecular formula is C16H10BrClN2OS. The summed E-state index contributed by atoms with van der Waals surface area (Å²) in [6, 6.07) is 14.9. The minimum Gasteiger partial charge on any atom is -0.300 e. The van der Waals surface area contributed by atoms with E-state index in [1.54, 1.807) is 24.3 Å². The molecule has 22 heavy (non-hydrogen) atoms. The fourth-order valence-electron chi connectivity index (χ4n) is 1.86. The predicted molar refractivity (Wildman–Crippen MR) is 96.4 cm³/mol. The summed E-state index contributed by atoms with van der Waals surface area (Å²) in [5.41, 5.74) is 1.70. The molecule has 3 nitrogen and oxygen atoms in total. The Balaban J connectivity index is 1.82. The molecule has 0 unspecified atom stereocenters. The van der Waals surface area contributed by atoms with Crippen LogP contribution in [0.1, 0.15) is 5.56 Å². The molecule has 0 bridgehead atoms. The fraction of sp³-hybridized carbons (Fsp3) is 0. The molecule has 1 aliphatic rings. The summed E-state index contributed by atoms with van der Waals surface area (Å²) in [6.07, 6.45) is 1.84. The molecule has 0 spiro atoms. The van der Waals surface area contributed by atoms with Gasteiger partial charge < -0.3 is 5.32 Å². The first-order valence-corrected chi connectivity index (χ1v) is 8.40. The fourth-order valence-corrected chi connectivity index (χ4v) is 3.25. The molecule has 110 valence electrons. The van der Waals surface area contributed by atoms with E-state index < -0.39 is 0 Å². The first-order valence-electron chi connectivity index (χ1n) is 6.41. The van der Waals surface area contributed by atoms with Crippen molar-refractivity contribution < 1.29 is 4.79 Å². The summed E-state index contributed by atoms with van der Waals surface area (Å²) in [6.45, 7) is 0. The molecule has 1 aliphatic heterocycles. The number of aliphatic imine (C=N–C) groups is 1. The lowest BCUT2D eigenvalue weighted by atomic mass is 10.2. The van der Waals surface area contributed by atoms with Crippen molar-refractivity contribution in [1.82, 2.24) is 5.32 Å². The molecule has 3 rings (SSSR count). The van der Waals surface area contributed by atoms with Crippen molar-refractivity contribution in [3.8, 4) is 0 Å². The van der Waals surface area contributed by atoms with Crippen LogP contribution in [0, 0.1) is 0 Å². The van der Waals surface area contributed by atoms with Gasteiger partial charge in [0.25, 0.3) is 5.91 Å². The maximum absolute atomic E-state index is 12.0. The number of thioether (sulfide) groups is 1. The number of rotatable bonds is 2. The van der Waals surface area contributed by atoms with E-state index in [0.29, 0.717) is 15.1 Å². The Kier molecular flexibility index (Phi) is 4.66. The Labute approximate surface area is 145 Å². The van der Waals surface area contributed by atoms with Gasteiger partial charge in [0.15, 0.2) is 5.17 Å². The number of hydrogen-bond donors (Lipinski definition) is 1. The summed E-state index contributed by atoms with van der Waals surface area (Å²) >= 11 is 10.6. The zero-order chi connectivity index (χ0) is 15.5. The number of amides is 1. The normalized spacial score (nSPS) is 18.0. The van der Waals surface area contributed by atoms with Crippen LogP contribution in [0.25, 0.3) is 6.08 Å². The maximum atomic E-state index is 12.0. The molecule has 0 saturated carbocycles. The van der Waals surface area contributed by atoms with E-state index in [4.69, 9.17) is 11.6 Å². The Morgan fingerprint density at radius 3 is 2.68 bits per heavy atom. The lowest BCUT2D eigenvalue weighted by Crippen LogP contribution is -2.19. The number of benzene rings is 2. The summed E-state index contributed by atoms with van der Waals surface area (Å²) in [7, 11) is 0. The highest BCUT2D eigenvalue weighted by Crippen LogP contribution is 2.28. The predicted octanol–water partition coefficient (Wildman–Crippen LogP) is 4.99. The number of carbonyl (C=O) groups excluding carboxylic acids is 1. The van der Waals surface area contributed by atoms with E-state index in [-0.39, 0.29) is 5.91 Å². The number of halogens is 2. The van der Waals surface area contributed by atoms with E-state index in [0.717, 1.165) is 15.7 Å². The first-order chi connectivity index (χ1) is 10.6. The van der Waals surface area contributed by atoms with E-state index in [1.807, 2.05) is 30.3 Å². The first kappa shape index (κ1) is 15.3. The van der Waals surface area contributed by atoms with Gasteiger partial charge in [-0.1, -0.05) is 39.7 Å². The van der Waals surface area contributed by atoms with Crippen molar-refractivity contribution in [3.63, 3.8) is 0 Å². The number of nitrogens with zero attached hydrogens (tertiary/aromatic N) is 1. The van der Waals surface area contributed by atoms with Gasteiger partial charge in [-0.25, -0.2) is 4.99 Å². The molecule has 1 heterocycles. The molecule has 0 atom stereocenters. The van der Waals surface area contributed by atoms with Gasteiger partial charge in [0.05, 0.1) is 10.6 Å². The number of carbonyl (C=O) groups is 1. The van der Waals surface area contributed by atoms with Gasteiger partial charge in [-0.3, -0.25) is 4.79 Å². The molecule has 0 radical (unpaired) electrons. The molecule has 0 aromatic heterocycles. The molecule has 1 saturated heterocycles. The number of nitrogens with one attached hydrogen (secondary N) is 1. The molecule has 1 fully saturated rings. The third-order valence-electron chi connectivity index (χ3n) is 2.85. The molecule has 6 heteroatoms. The molecule has 2 aromatic rings. The van der Waals surface area contributed by atoms with Gasteiger partial charge in [0, 0.05) is 9.50 Å². The third-order valence-corrected chi connectivity index (χ3v) is 4.51. The average molecular weight is 394 g/mol. The SMILES string of the molecule is O=C1NC(=Nc2ccc(Cl)cc2)S/C1=C/c1cccc(Br)c1. The van der Waals surface area contributed by atoms with E-state index in [2.05, 4.69) is 26.2 Å². The Bertz CT molecular complexity index is 787.